The van der Waals surface area contributed by atoms with E-state index in [1.54, 1.807) is 48.5 Å². The van der Waals surface area contributed by atoms with Crippen molar-refractivity contribution in [3.05, 3.63) is 72.3 Å². The Balaban J connectivity index is 1.41. The van der Waals surface area contributed by atoms with Crippen LogP contribution >= 0.6 is 0 Å². The number of nitrogens with one attached hydrogen (secondary N) is 3. The van der Waals surface area contributed by atoms with Gasteiger partial charge >= 0.3 is 0 Å². The summed E-state index contributed by atoms with van der Waals surface area (Å²) in [7, 11) is -2.66. The molecule has 41 heavy (non-hydrogen) atoms. The fraction of sp³-hybridized carbons (Fsp3) is 0.250. The number of carbonyl (C=O) groups excluding carboxylic acids is 1. The van der Waals surface area contributed by atoms with E-state index in [2.05, 4.69) is 25.3 Å². The monoisotopic (exact) mass is 578 g/mol. The summed E-state index contributed by atoms with van der Waals surface area (Å²) in [5.74, 6) is 0.282. The zero-order valence-electron chi connectivity index (χ0n) is 22.2. The minimum absolute atomic E-state index is 0.0425. The van der Waals surface area contributed by atoms with Gasteiger partial charge in [0.25, 0.3) is 10.0 Å². The highest BCUT2D eigenvalue weighted by Crippen LogP contribution is 2.30. The van der Waals surface area contributed by atoms with E-state index in [9.17, 15) is 23.4 Å². The predicted molar refractivity (Wildman–Crippen MR) is 155 cm³/mol. The first kappa shape index (κ1) is 28.2. The van der Waals surface area contributed by atoms with Crippen molar-refractivity contribution >= 4 is 50.0 Å². The Labute approximate surface area is 237 Å². The first-order chi connectivity index (χ1) is 19.7. The third kappa shape index (κ3) is 6.89. The smallest absolute Gasteiger partial charge is 0.263 e. The van der Waals surface area contributed by atoms with Crippen LogP contribution in [0.15, 0.2) is 71.6 Å². The maximum absolute atomic E-state index is 13.5. The van der Waals surface area contributed by atoms with Gasteiger partial charge in [-0.05, 0) is 54.4 Å². The van der Waals surface area contributed by atoms with Crippen molar-refractivity contribution < 1.29 is 28.2 Å². The number of aliphatic hydroxyl groups excluding tert-OH is 2. The van der Waals surface area contributed by atoms with Gasteiger partial charge in [-0.1, -0.05) is 18.2 Å². The number of β-amino-alcohol motifs (C(OH)–C–C–N with tert-alkyl or cyclic N) is 1. The number of fused-ring (bicyclic) bond motifs is 1. The molecule has 0 bridgehead atoms. The van der Waals surface area contributed by atoms with Gasteiger partial charge in [0.15, 0.2) is 11.6 Å². The molecule has 1 amide bonds. The number of anilines is 4. The van der Waals surface area contributed by atoms with Crippen molar-refractivity contribution in [3.8, 4) is 5.75 Å². The maximum Gasteiger partial charge on any atom is 0.263 e. The van der Waals surface area contributed by atoms with Crippen LogP contribution < -0.4 is 20.1 Å². The van der Waals surface area contributed by atoms with Crippen molar-refractivity contribution in [2.45, 2.75) is 24.0 Å². The van der Waals surface area contributed by atoms with Gasteiger partial charge in [0, 0.05) is 30.5 Å². The molecule has 0 aliphatic carbocycles. The van der Waals surface area contributed by atoms with Crippen LogP contribution in [0, 0.1) is 0 Å². The van der Waals surface area contributed by atoms with Crippen molar-refractivity contribution in [2.24, 2.45) is 0 Å². The molecule has 4 aromatic rings. The number of ether oxygens (including phenoxy) is 1. The number of carbonyl (C=O) groups is 1. The Bertz CT molecular complexity index is 1660. The van der Waals surface area contributed by atoms with Gasteiger partial charge in [0.05, 0.1) is 42.3 Å². The van der Waals surface area contributed by atoms with Crippen LogP contribution in [0.25, 0.3) is 11.0 Å². The average Bonchev–Trinajstić information content (AvgIpc) is 3.37. The van der Waals surface area contributed by atoms with Gasteiger partial charge in [-0.2, -0.15) is 0 Å². The van der Waals surface area contributed by atoms with E-state index in [0.29, 0.717) is 53.2 Å². The van der Waals surface area contributed by atoms with Gasteiger partial charge in [-0.3, -0.25) is 14.4 Å². The second-order valence-corrected chi connectivity index (χ2v) is 11.3. The Kier molecular flexibility index (Phi) is 8.31. The summed E-state index contributed by atoms with van der Waals surface area (Å²) in [6.45, 7) is 0.914. The minimum atomic E-state index is -4.16. The van der Waals surface area contributed by atoms with Crippen molar-refractivity contribution in [2.75, 3.05) is 42.1 Å². The molecule has 0 radical (unpaired) electrons. The van der Waals surface area contributed by atoms with E-state index in [0.717, 1.165) is 0 Å². The van der Waals surface area contributed by atoms with Crippen LogP contribution in [0.1, 0.15) is 12.0 Å². The number of benzene rings is 3. The molecule has 1 saturated heterocycles. The van der Waals surface area contributed by atoms with E-state index < -0.39 is 16.1 Å². The van der Waals surface area contributed by atoms with Gasteiger partial charge in [-0.25, -0.2) is 18.4 Å². The number of aromatic nitrogens is 2. The van der Waals surface area contributed by atoms with E-state index in [1.807, 2.05) is 4.90 Å². The molecule has 0 unspecified atom stereocenters. The molecule has 0 saturated carbocycles. The summed E-state index contributed by atoms with van der Waals surface area (Å²) in [6.07, 6.45) is 0.169. The molecule has 1 aliphatic rings. The van der Waals surface area contributed by atoms with Crippen molar-refractivity contribution in [1.29, 1.82) is 0 Å². The summed E-state index contributed by atoms with van der Waals surface area (Å²) in [5.41, 5.74) is 2.42. The Morgan fingerprint density at radius 2 is 1.78 bits per heavy atom. The summed E-state index contributed by atoms with van der Waals surface area (Å²) < 4.78 is 34.8. The number of rotatable bonds is 10. The standard InChI is InChI=1S/C28H30N6O6S/c1-40-22-12-18(17-35)11-20(13-22)30-27-28(32-25-8-3-2-7-24(25)31-27)33-41(38,39)23-6-4-5-19(14-23)29-26(37)16-34-10-9-21(36)15-34/h2-8,11-14,21,35-36H,9-10,15-17H2,1H3,(H,29,37)(H,30,31)(H,32,33)/t21-/m0/s1. The Morgan fingerprint density at radius 3 is 2.46 bits per heavy atom. The van der Waals surface area contributed by atoms with E-state index in [1.165, 1.54) is 25.3 Å². The molecule has 13 heteroatoms. The lowest BCUT2D eigenvalue weighted by Crippen LogP contribution is -2.32. The number of sulfonamides is 1. The summed E-state index contributed by atoms with van der Waals surface area (Å²) >= 11 is 0. The highest BCUT2D eigenvalue weighted by Gasteiger charge is 2.23. The zero-order valence-corrected chi connectivity index (χ0v) is 23.1. The molecular formula is C28H30N6O6S. The van der Waals surface area contributed by atoms with E-state index >= 15 is 0 Å². The van der Waals surface area contributed by atoms with Crippen LogP contribution in [-0.2, 0) is 21.4 Å². The van der Waals surface area contributed by atoms with Crippen LogP contribution in [-0.4, -0.2) is 72.3 Å². The molecule has 3 aromatic carbocycles. The van der Waals surface area contributed by atoms with E-state index in [4.69, 9.17) is 4.74 Å². The molecule has 0 spiro atoms. The van der Waals surface area contributed by atoms with Crippen molar-refractivity contribution in [3.63, 3.8) is 0 Å². The van der Waals surface area contributed by atoms with Gasteiger partial charge in [-0.15, -0.1) is 0 Å². The second-order valence-electron chi connectivity index (χ2n) is 9.62. The lowest BCUT2D eigenvalue weighted by molar-refractivity contribution is -0.117. The quantitative estimate of drug-likeness (QED) is 0.189. The third-order valence-electron chi connectivity index (χ3n) is 6.49. The number of hydrogen-bond donors (Lipinski definition) is 5. The SMILES string of the molecule is COc1cc(CO)cc(Nc2nc3ccccc3nc2NS(=O)(=O)c2cccc(NC(=O)CN3CC[C@H](O)C3)c2)c1. The molecule has 2 heterocycles. The third-order valence-corrected chi connectivity index (χ3v) is 7.83. The minimum Gasteiger partial charge on any atom is -0.497 e. The molecule has 5 N–H and O–H groups in total. The maximum atomic E-state index is 13.5. The predicted octanol–water partition coefficient (Wildman–Crippen LogP) is 2.68. The second kappa shape index (κ2) is 12.1. The first-order valence-electron chi connectivity index (χ1n) is 12.9. The van der Waals surface area contributed by atoms with Crippen LogP contribution in [0.5, 0.6) is 5.75 Å². The lowest BCUT2D eigenvalue weighted by Gasteiger charge is -2.16. The number of amides is 1. The number of para-hydroxylation sites is 2. The lowest BCUT2D eigenvalue weighted by atomic mass is 10.2. The number of nitrogens with zero attached hydrogens (tertiary/aromatic N) is 3. The molecular weight excluding hydrogens is 548 g/mol. The summed E-state index contributed by atoms with van der Waals surface area (Å²) in [6, 6.07) is 18.0. The molecule has 12 nitrogen and oxygen atoms in total. The number of hydrogen-bond acceptors (Lipinski definition) is 10. The molecule has 1 atom stereocenters. The normalized spacial score (nSPS) is 15.5. The molecule has 5 rings (SSSR count). The molecule has 1 aliphatic heterocycles. The highest BCUT2D eigenvalue weighted by molar-refractivity contribution is 7.92. The van der Waals surface area contributed by atoms with Crippen molar-refractivity contribution in [1.82, 2.24) is 14.9 Å². The zero-order chi connectivity index (χ0) is 29.0. The van der Waals surface area contributed by atoms with Crippen LogP contribution in [0.2, 0.25) is 0 Å². The Hall–Kier alpha value is -4.30. The van der Waals surface area contributed by atoms with Gasteiger partial charge in [0.2, 0.25) is 5.91 Å². The fourth-order valence-electron chi connectivity index (χ4n) is 4.52. The molecule has 214 valence electrons. The fourth-order valence-corrected chi connectivity index (χ4v) is 5.58. The number of methoxy groups -OCH3 is 1. The van der Waals surface area contributed by atoms with Crippen LogP contribution in [0.3, 0.4) is 0 Å². The molecule has 1 fully saturated rings. The first-order valence-corrected chi connectivity index (χ1v) is 14.4. The largest absolute Gasteiger partial charge is 0.497 e. The molecule has 1 aromatic heterocycles. The van der Waals surface area contributed by atoms with Gasteiger partial charge < -0.3 is 25.6 Å². The summed E-state index contributed by atoms with van der Waals surface area (Å²) in [5, 5.41) is 25.1. The number of likely N-dealkylation sites (tertiary alicyclic amines) is 1. The topological polar surface area (TPSA) is 166 Å². The van der Waals surface area contributed by atoms with Crippen LogP contribution in [0.4, 0.5) is 23.0 Å². The number of aliphatic hydroxyl groups is 2. The Morgan fingerprint density at radius 1 is 1.02 bits per heavy atom. The highest BCUT2D eigenvalue weighted by atomic mass is 32.2. The van der Waals surface area contributed by atoms with Gasteiger partial charge in [0.1, 0.15) is 5.75 Å². The van der Waals surface area contributed by atoms with E-state index in [-0.39, 0.29) is 35.6 Å². The summed E-state index contributed by atoms with van der Waals surface area (Å²) in [4.78, 5) is 23.4. The average molecular weight is 579 g/mol.